The fourth-order valence-corrected chi connectivity index (χ4v) is 2.36. The maximum Gasteiger partial charge on any atom is 0.123 e. The first-order valence-corrected chi connectivity index (χ1v) is 5.92. The molecule has 86 valence electrons. The van der Waals surface area contributed by atoms with Crippen molar-refractivity contribution in [2.75, 3.05) is 6.54 Å². The van der Waals surface area contributed by atoms with E-state index in [1.165, 1.54) is 16.7 Å². The van der Waals surface area contributed by atoms with Gasteiger partial charge in [-0.05, 0) is 17.2 Å². The van der Waals surface area contributed by atoms with Crippen molar-refractivity contribution >= 4 is 0 Å². The van der Waals surface area contributed by atoms with Gasteiger partial charge in [-0.1, -0.05) is 42.5 Å². The Bertz CT molecular complexity index is 522. The minimum atomic E-state index is 0.134. The minimum absolute atomic E-state index is 0.134. The first-order chi connectivity index (χ1) is 8.38. The molecule has 3 rings (SSSR count). The van der Waals surface area contributed by atoms with Crippen LogP contribution in [-0.2, 0) is 6.42 Å². The van der Waals surface area contributed by atoms with Crippen molar-refractivity contribution in [3.05, 3.63) is 54.1 Å². The lowest BCUT2D eigenvalue weighted by molar-refractivity contribution is 0.241. The number of hydrogen-bond donors (Lipinski definition) is 1. The second-order valence-electron chi connectivity index (χ2n) is 4.33. The van der Waals surface area contributed by atoms with E-state index >= 15 is 0 Å². The molecule has 1 aliphatic heterocycles. The zero-order chi connectivity index (χ0) is 11.7. The van der Waals surface area contributed by atoms with E-state index in [9.17, 15) is 0 Å². The van der Waals surface area contributed by atoms with Gasteiger partial charge in [0.25, 0.3) is 0 Å². The van der Waals surface area contributed by atoms with Crippen molar-refractivity contribution in [2.24, 2.45) is 5.73 Å². The second-order valence-corrected chi connectivity index (χ2v) is 4.33. The van der Waals surface area contributed by atoms with Gasteiger partial charge >= 0.3 is 0 Å². The maximum absolute atomic E-state index is 5.79. The highest BCUT2D eigenvalue weighted by molar-refractivity contribution is 5.70. The van der Waals surface area contributed by atoms with E-state index in [1.807, 2.05) is 18.2 Å². The average molecular weight is 225 g/mol. The van der Waals surface area contributed by atoms with Crippen LogP contribution in [0.1, 0.15) is 5.56 Å². The van der Waals surface area contributed by atoms with Gasteiger partial charge in [0.15, 0.2) is 0 Å². The first kappa shape index (κ1) is 10.4. The quantitative estimate of drug-likeness (QED) is 0.852. The third-order valence-electron chi connectivity index (χ3n) is 3.21. The summed E-state index contributed by atoms with van der Waals surface area (Å²) in [6, 6.07) is 16.6. The van der Waals surface area contributed by atoms with E-state index < -0.39 is 0 Å². The molecule has 0 bridgehead atoms. The molecule has 2 aromatic rings. The number of benzene rings is 2. The maximum atomic E-state index is 5.79. The van der Waals surface area contributed by atoms with Crippen LogP contribution < -0.4 is 10.5 Å². The molecule has 2 aromatic carbocycles. The highest BCUT2D eigenvalue weighted by Crippen LogP contribution is 2.36. The lowest BCUT2D eigenvalue weighted by atomic mass is 9.97. The van der Waals surface area contributed by atoms with Crippen LogP contribution in [0.15, 0.2) is 48.5 Å². The molecule has 2 N–H and O–H groups in total. The van der Waals surface area contributed by atoms with Crippen molar-refractivity contribution < 1.29 is 4.74 Å². The molecule has 2 heteroatoms. The van der Waals surface area contributed by atoms with E-state index in [4.69, 9.17) is 10.5 Å². The van der Waals surface area contributed by atoms with Gasteiger partial charge in [-0.25, -0.2) is 0 Å². The standard InChI is InChI=1S/C15H15NO/c16-10-12-9-14-13(7-4-8-15(14)17-12)11-5-2-1-3-6-11/h1-8,12H,9-10,16H2/t12-/m1/s1. The number of hydrogen-bond acceptors (Lipinski definition) is 2. The summed E-state index contributed by atoms with van der Waals surface area (Å²) in [5.41, 5.74) is 9.47. The Morgan fingerprint density at radius 3 is 2.65 bits per heavy atom. The Hall–Kier alpha value is -1.80. The predicted molar refractivity (Wildman–Crippen MR) is 69.1 cm³/mol. The highest BCUT2D eigenvalue weighted by atomic mass is 16.5. The summed E-state index contributed by atoms with van der Waals surface area (Å²) < 4.78 is 5.79. The Kier molecular flexibility index (Phi) is 2.57. The molecule has 0 radical (unpaired) electrons. The fourth-order valence-electron chi connectivity index (χ4n) is 2.36. The van der Waals surface area contributed by atoms with Crippen molar-refractivity contribution in [3.63, 3.8) is 0 Å². The molecule has 0 aliphatic carbocycles. The summed E-state index contributed by atoms with van der Waals surface area (Å²) in [6.45, 7) is 0.572. The lowest BCUT2D eigenvalue weighted by Crippen LogP contribution is -2.24. The average Bonchev–Trinajstić information content (AvgIpc) is 2.82. The summed E-state index contributed by atoms with van der Waals surface area (Å²) in [7, 11) is 0. The Labute approximate surface area is 101 Å². The van der Waals surface area contributed by atoms with Gasteiger partial charge in [0, 0.05) is 18.5 Å². The van der Waals surface area contributed by atoms with Crippen molar-refractivity contribution in [1.82, 2.24) is 0 Å². The van der Waals surface area contributed by atoms with Gasteiger partial charge < -0.3 is 10.5 Å². The zero-order valence-electron chi connectivity index (χ0n) is 9.60. The fraction of sp³-hybridized carbons (Fsp3) is 0.200. The monoisotopic (exact) mass is 225 g/mol. The highest BCUT2D eigenvalue weighted by Gasteiger charge is 2.24. The van der Waals surface area contributed by atoms with Crippen LogP contribution in [0, 0.1) is 0 Å². The van der Waals surface area contributed by atoms with Gasteiger partial charge in [0.2, 0.25) is 0 Å². The molecule has 0 spiro atoms. The number of ether oxygens (including phenoxy) is 1. The van der Waals surface area contributed by atoms with Crippen LogP contribution in [0.3, 0.4) is 0 Å². The summed E-state index contributed by atoms with van der Waals surface area (Å²) in [5.74, 6) is 0.988. The molecular weight excluding hydrogens is 210 g/mol. The van der Waals surface area contributed by atoms with Gasteiger partial charge in [0.1, 0.15) is 11.9 Å². The number of rotatable bonds is 2. The van der Waals surface area contributed by atoms with Crippen LogP contribution in [0.25, 0.3) is 11.1 Å². The summed E-state index contributed by atoms with van der Waals surface area (Å²) in [4.78, 5) is 0. The molecule has 1 aliphatic rings. The minimum Gasteiger partial charge on any atom is -0.488 e. The molecular formula is C15H15NO. The third kappa shape index (κ3) is 1.81. The lowest BCUT2D eigenvalue weighted by Gasteiger charge is -2.06. The third-order valence-corrected chi connectivity index (χ3v) is 3.21. The Balaban J connectivity index is 2.07. The van der Waals surface area contributed by atoms with E-state index in [2.05, 4.69) is 30.3 Å². The van der Waals surface area contributed by atoms with E-state index in [0.717, 1.165) is 12.2 Å². The predicted octanol–water partition coefficient (Wildman–Crippen LogP) is 2.62. The van der Waals surface area contributed by atoms with Gasteiger partial charge in [-0.15, -0.1) is 0 Å². The van der Waals surface area contributed by atoms with Crippen LogP contribution in [0.2, 0.25) is 0 Å². The summed E-state index contributed by atoms with van der Waals surface area (Å²) in [6.07, 6.45) is 1.05. The van der Waals surface area contributed by atoms with Crippen LogP contribution in [0.5, 0.6) is 5.75 Å². The topological polar surface area (TPSA) is 35.2 Å². The van der Waals surface area contributed by atoms with E-state index in [-0.39, 0.29) is 6.10 Å². The molecule has 0 saturated heterocycles. The largest absolute Gasteiger partial charge is 0.488 e. The SMILES string of the molecule is NC[C@H]1Cc2c(cccc2-c2ccccc2)O1. The van der Waals surface area contributed by atoms with Crippen molar-refractivity contribution in [1.29, 1.82) is 0 Å². The second kappa shape index (κ2) is 4.22. The Morgan fingerprint density at radius 1 is 1.06 bits per heavy atom. The molecule has 0 unspecified atom stereocenters. The molecule has 0 fully saturated rings. The zero-order valence-corrected chi connectivity index (χ0v) is 9.60. The molecule has 2 nitrogen and oxygen atoms in total. The summed E-state index contributed by atoms with van der Waals surface area (Å²) in [5, 5.41) is 0. The smallest absolute Gasteiger partial charge is 0.123 e. The Morgan fingerprint density at radius 2 is 1.88 bits per heavy atom. The molecule has 17 heavy (non-hydrogen) atoms. The molecule has 1 atom stereocenters. The normalized spacial score (nSPS) is 17.6. The van der Waals surface area contributed by atoms with Crippen LogP contribution in [-0.4, -0.2) is 12.6 Å². The first-order valence-electron chi connectivity index (χ1n) is 5.92. The van der Waals surface area contributed by atoms with Crippen molar-refractivity contribution in [3.8, 4) is 16.9 Å². The number of fused-ring (bicyclic) bond motifs is 1. The van der Waals surface area contributed by atoms with Crippen LogP contribution >= 0.6 is 0 Å². The molecule has 0 amide bonds. The van der Waals surface area contributed by atoms with Gasteiger partial charge in [-0.2, -0.15) is 0 Å². The van der Waals surface area contributed by atoms with Gasteiger partial charge in [0.05, 0.1) is 0 Å². The van der Waals surface area contributed by atoms with Crippen molar-refractivity contribution in [2.45, 2.75) is 12.5 Å². The number of nitrogens with two attached hydrogens (primary N) is 1. The molecule has 0 saturated carbocycles. The van der Waals surface area contributed by atoms with Gasteiger partial charge in [-0.3, -0.25) is 0 Å². The van der Waals surface area contributed by atoms with Crippen LogP contribution in [0.4, 0.5) is 0 Å². The molecule has 1 heterocycles. The van der Waals surface area contributed by atoms with E-state index in [1.54, 1.807) is 0 Å². The summed E-state index contributed by atoms with van der Waals surface area (Å²) >= 11 is 0. The van der Waals surface area contributed by atoms with E-state index in [0.29, 0.717) is 6.54 Å². The molecule has 0 aromatic heterocycles.